The second-order valence-corrected chi connectivity index (χ2v) is 7.03. The van der Waals surface area contributed by atoms with Crippen LogP contribution in [0.1, 0.15) is 48.1 Å². The van der Waals surface area contributed by atoms with E-state index >= 15 is 0 Å². The van der Waals surface area contributed by atoms with E-state index in [2.05, 4.69) is 5.16 Å². The average Bonchev–Trinajstić information content (AvgIpc) is 3.24. The highest BCUT2D eigenvalue weighted by atomic mass is 16.5. The van der Waals surface area contributed by atoms with Gasteiger partial charge in [0.1, 0.15) is 11.5 Å². The zero-order valence-electron chi connectivity index (χ0n) is 16.1. The molecule has 3 amide bonds. The molecule has 0 saturated carbocycles. The molecule has 0 bridgehead atoms. The second kappa shape index (κ2) is 7.35. The molecule has 0 atom stereocenters. The molecule has 7 nitrogen and oxygen atoms in total. The molecule has 2 heterocycles. The summed E-state index contributed by atoms with van der Waals surface area (Å²) in [6.45, 7) is 2.22. The molecule has 0 fully saturated rings. The van der Waals surface area contributed by atoms with Crippen LogP contribution in [0.25, 0.3) is 0 Å². The van der Waals surface area contributed by atoms with E-state index in [4.69, 9.17) is 4.52 Å². The van der Waals surface area contributed by atoms with Crippen LogP contribution in [0.15, 0.2) is 59.1 Å². The molecular formula is C22H19N3O4. The van der Waals surface area contributed by atoms with Crippen molar-refractivity contribution in [3.8, 4) is 0 Å². The molecule has 4 rings (SSSR count). The molecule has 2 aromatic carbocycles. The summed E-state index contributed by atoms with van der Waals surface area (Å²) in [4.78, 5) is 40.6. The van der Waals surface area contributed by atoms with Gasteiger partial charge in [-0.2, -0.15) is 0 Å². The van der Waals surface area contributed by atoms with E-state index in [1.54, 1.807) is 73.5 Å². The van der Waals surface area contributed by atoms with Gasteiger partial charge in [-0.25, -0.2) is 0 Å². The van der Waals surface area contributed by atoms with Crippen LogP contribution in [0.4, 0.5) is 0 Å². The minimum Gasteiger partial charge on any atom is -0.361 e. The Morgan fingerprint density at radius 1 is 1.03 bits per heavy atom. The smallest absolute Gasteiger partial charge is 0.261 e. The standard InChI is InChI=1S/C22H19N3O4/c1-14-10-17(23-29-14)13-24(2)20(26)16-7-5-6-15(11-16)12-25-21(27)18-8-3-4-9-19(18)22(25)28/h3-11H,12-13H2,1-2H3. The lowest BCUT2D eigenvalue weighted by molar-refractivity contribution is 0.0642. The number of hydrogen-bond donors (Lipinski definition) is 0. The summed E-state index contributed by atoms with van der Waals surface area (Å²) in [6, 6.07) is 15.5. The molecular weight excluding hydrogens is 370 g/mol. The van der Waals surface area contributed by atoms with Gasteiger partial charge in [-0.3, -0.25) is 19.3 Å². The summed E-state index contributed by atoms with van der Waals surface area (Å²) >= 11 is 0. The third kappa shape index (κ3) is 3.54. The molecule has 1 aliphatic rings. The molecule has 146 valence electrons. The fraction of sp³-hybridized carbons (Fsp3) is 0.182. The fourth-order valence-corrected chi connectivity index (χ4v) is 3.40. The number of amides is 3. The molecule has 3 aromatic rings. The van der Waals surface area contributed by atoms with Crippen LogP contribution < -0.4 is 0 Å². The number of carbonyl (C=O) groups is 3. The van der Waals surface area contributed by atoms with Crippen LogP contribution in [0.2, 0.25) is 0 Å². The van der Waals surface area contributed by atoms with Gasteiger partial charge >= 0.3 is 0 Å². The van der Waals surface area contributed by atoms with Crippen LogP contribution in [0.5, 0.6) is 0 Å². The first kappa shape index (κ1) is 18.6. The summed E-state index contributed by atoms with van der Waals surface area (Å²) in [7, 11) is 1.68. The van der Waals surface area contributed by atoms with Gasteiger partial charge in [0.2, 0.25) is 0 Å². The molecule has 29 heavy (non-hydrogen) atoms. The number of aromatic nitrogens is 1. The van der Waals surface area contributed by atoms with E-state index in [0.717, 1.165) is 0 Å². The number of carbonyl (C=O) groups excluding carboxylic acids is 3. The monoisotopic (exact) mass is 389 g/mol. The molecule has 0 saturated heterocycles. The lowest BCUT2D eigenvalue weighted by atomic mass is 10.1. The van der Waals surface area contributed by atoms with E-state index < -0.39 is 0 Å². The summed E-state index contributed by atoms with van der Waals surface area (Å²) in [5.41, 5.74) is 2.66. The first-order valence-corrected chi connectivity index (χ1v) is 9.16. The minimum atomic E-state index is -0.319. The SMILES string of the molecule is Cc1cc(CN(C)C(=O)c2cccc(CN3C(=O)c4ccccc4C3=O)c2)no1. The van der Waals surface area contributed by atoms with Gasteiger partial charge in [0.05, 0.1) is 24.2 Å². The third-order valence-corrected chi connectivity index (χ3v) is 4.82. The van der Waals surface area contributed by atoms with Gasteiger partial charge in [-0.05, 0) is 36.8 Å². The molecule has 0 aliphatic carbocycles. The highest BCUT2D eigenvalue weighted by Gasteiger charge is 2.35. The van der Waals surface area contributed by atoms with Crippen molar-refractivity contribution in [2.75, 3.05) is 7.05 Å². The predicted octanol–water partition coefficient (Wildman–Crippen LogP) is 3.05. The summed E-state index contributed by atoms with van der Waals surface area (Å²) in [5, 5.41) is 3.90. The highest BCUT2D eigenvalue weighted by Crippen LogP contribution is 2.24. The summed E-state index contributed by atoms with van der Waals surface area (Å²) < 4.78 is 5.03. The first-order chi connectivity index (χ1) is 13.9. The van der Waals surface area contributed by atoms with Crippen LogP contribution in [-0.2, 0) is 13.1 Å². The van der Waals surface area contributed by atoms with Crippen molar-refractivity contribution < 1.29 is 18.9 Å². The number of benzene rings is 2. The quantitative estimate of drug-likeness (QED) is 0.626. The maximum atomic E-state index is 12.8. The molecule has 0 N–H and O–H groups in total. The number of rotatable bonds is 5. The topological polar surface area (TPSA) is 83.7 Å². The Morgan fingerprint density at radius 3 is 2.34 bits per heavy atom. The van der Waals surface area contributed by atoms with Crippen LogP contribution >= 0.6 is 0 Å². The lowest BCUT2D eigenvalue weighted by Gasteiger charge is -2.17. The highest BCUT2D eigenvalue weighted by molar-refractivity contribution is 6.21. The number of fused-ring (bicyclic) bond motifs is 1. The molecule has 7 heteroatoms. The Hall–Kier alpha value is -3.74. The second-order valence-electron chi connectivity index (χ2n) is 7.03. The number of aryl methyl sites for hydroxylation is 1. The zero-order chi connectivity index (χ0) is 20.5. The Morgan fingerprint density at radius 2 is 1.72 bits per heavy atom. The normalized spacial score (nSPS) is 13.0. The average molecular weight is 389 g/mol. The van der Waals surface area contributed by atoms with Crippen LogP contribution in [-0.4, -0.2) is 39.7 Å². The third-order valence-electron chi connectivity index (χ3n) is 4.82. The Labute approximate surface area is 167 Å². The van der Waals surface area contributed by atoms with Crippen LogP contribution in [0.3, 0.4) is 0 Å². The fourth-order valence-electron chi connectivity index (χ4n) is 3.40. The lowest BCUT2D eigenvalue weighted by Crippen LogP contribution is -2.29. The Balaban J connectivity index is 1.50. The Kier molecular flexibility index (Phi) is 4.72. The van der Waals surface area contributed by atoms with E-state index in [1.807, 2.05) is 0 Å². The van der Waals surface area contributed by atoms with Crippen molar-refractivity contribution >= 4 is 17.7 Å². The zero-order valence-corrected chi connectivity index (χ0v) is 16.1. The Bertz CT molecular complexity index is 1080. The van der Waals surface area contributed by atoms with E-state index in [-0.39, 0.29) is 24.3 Å². The van der Waals surface area contributed by atoms with Crippen LogP contribution in [0, 0.1) is 6.92 Å². The maximum absolute atomic E-state index is 12.8. The number of imide groups is 1. The largest absolute Gasteiger partial charge is 0.361 e. The molecule has 1 aromatic heterocycles. The van der Waals surface area contributed by atoms with Crippen molar-refractivity contribution in [2.24, 2.45) is 0 Å². The van der Waals surface area contributed by atoms with Gasteiger partial charge < -0.3 is 9.42 Å². The van der Waals surface area contributed by atoms with Crippen molar-refractivity contribution in [3.05, 3.63) is 88.3 Å². The molecule has 1 aliphatic heterocycles. The van der Waals surface area contributed by atoms with Crippen molar-refractivity contribution in [3.63, 3.8) is 0 Å². The van der Waals surface area contributed by atoms with E-state index in [9.17, 15) is 14.4 Å². The van der Waals surface area contributed by atoms with Gasteiger partial charge in [0, 0.05) is 18.7 Å². The van der Waals surface area contributed by atoms with Gasteiger partial charge in [-0.15, -0.1) is 0 Å². The van der Waals surface area contributed by atoms with E-state index in [1.165, 1.54) is 4.90 Å². The van der Waals surface area contributed by atoms with Gasteiger partial charge in [-0.1, -0.05) is 29.4 Å². The maximum Gasteiger partial charge on any atom is 0.261 e. The van der Waals surface area contributed by atoms with E-state index in [0.29, 0.717) is 40.3 Å². The molecule has 0 unspecified atom stereocenters. The van der Waals surface area contributed by atoms with Gasteiger partial charge in [0.25, 0.3) is 17.7 Å². The molecule has 0 spiro atoms. The van der Waals surface area contributed by atoms with Crippen molar-refractivity contribution in [1.29, 1.82) is 0 Å². The first-order valence-electron chi connectivity index (χ1n) is 9.16. The number of hydrogen-bond acceptors (Lipinski definition) is 5. The van der Waals surface area contributed by atoms with Crippen molar-refractivity contribution in [1.82, 2.24) is 15.0 Å². The number of nitrogens with zero attached hydrogens (tertiary/aromatic N) is 3. The van der Waals surface area contributed by atoms with Crippen molar-refractivity contribution in [2.45, 2.75) is 20.0 Å². The van der Waals surface area contributed by atoms with Gasteiger partial charge in [0.15, 0.2) is 0 Å². The molecule has 0 radical (unpaired) electrons. The minimum absolute atomic E-state index is 0.111. The predicted molar refractivity (Wildman–Crippen MR) is 104 cm³/mol. The summed E-state index contributed by atoms with van der Waals surface area (Å²) in [5.74, 6) is -0.139. The summed E-state index contributed by atoms with van der Waals surface area (Å²) in [6.07, 6.45) is 0.